The van der Waals surface area contributed by atoms with Gasteiger partial charge in [0, 0.05) is 23.2 Å². The molecule has 2 atom stereocenters. The topological polar surface area (TPSA) is 34.4 Å². The number of nitrogens with one attached hydrogen (secondary N) is 1. The molecule has 1 unspecified atom stereocenters. The molecule has 2 aromatic rings. The van der Waals surface area contributed by atoms with Gasteiger partial charge >= 0.3 is 0 Å². The van der Waals surface area contributed by atoms with Gasteiger partial charge in [0.05, 0.1) is 7.11 Å². The minimum Gasteiger partial charge on any atom is -0.496 e. The first-order valence-corrected chi connectivity index (χ1v) is 6.98. The number of hydrogen-bond acceptors (Lipinski definition) is 3. The highest BCUT2D eigenvalue weighted by Crippen LogP contribution is 2.28. The third kappa shape index (κ3) is 3.05. The van der Waals surface area contributed by atoms with E-state index in [9.17, 15) is 0 Å². The van der Waals surface area contributed by atoms with Crippen molar-refractivity contribution in [2.24, 2.45) is 0 Å². The summed E-state index contributed by atoms with van der Waals surface area (Å²) in [6, 6.07) is 10.6. The lowest BCUT2D eigenvalue weighted by Crippen LogP contribution is -2.23. The molecule has 1 aromatic carbocycles. The van der Waals surface area contributed by atoms with Gasteiger partial charge in [-0.25, -0.2) is 0 Å². The first kappa shape index (κ1) is 14.7. The summed E-state index contributed by atoms with van der Waals surface area (Å²) in [6.07, 6.45) is 0. The summed E-state index contributed by atoms with van der Waals surface area (Å²) in [5.41, 5.74) is 2.38. The Labute approximate surface area is 121 Å². The van der Waals surface area contributed by atoms with E-state index in [4.69, 9.17) is 9.15 Å². The van der Waals surface area contributed by atoms with Crippen molar-refractivity contribution in [3.63, 3.8) is 0 Å². The van der Waals surface area contributed by atoms with E-state index < -0.39 is 0 Å². The van der Waals surface area contributed by atoms with E-state index in [1.54, 1.807) is 7.11 Å². The average molecular weight is 273 g/mol. The van der Waals surface area contributed by atoms with E-state index in [1.165, 1.54) is 11.1 Å². The number of furan rings is 1. The lowest BCUT2D eigenvalue weighted by atomic mass is 10.0. The van der Waals surface area contributed by atoms with Crippen LogP contribution < -0.4 is 10.1 Å². The van der Waals surface area contributed by atoms with Crippen LogP contribution in [0.5, 0.6) is 5.75 Å². The van der Waals surface area contributed by atoms with Crippen molar-refractivity contribution >= 4 is 0 Å². The van der Waals surface area contributed by atoms with Crippen molar-refractivity contribution in [1.29, 1.82) is 0 Å². The second-order valence-corrected chi connectivity index (χ2v) is 5.22. The van der Waals surface area contributed by atoms with E-state index in [0.29, 0.717) is 0 Å². The van der Waals surface area contributed by atoms with Gasteiger partial charge in [-0.2, -0.15) is 0 Å². The SMILES string of the molecule is COc1ccccc1[C@@H](C)NC(C)c1cc(C)oc1C. The lowest BCUT2D eigenvalue weighted by Gasteiger charge is -2.21. The summed E-state index contributed by atoms with van der Waals surface area (Å²) in [4.78, 5) is 0. The fraction of sp³-hybridized carbons (Fsp3) is 0.412. The first-order valence-electron chi connectivity index (χ1n) is 6.98. The molecule has 0 spiro atoms. The second kappa shape index (κ2) is 6.14. The largest absolute Gasteiger partial charge is 0.496 e. The molecular weight excluding hydrogens is 250 g/mol. The van der Waals surface area contributed by atoms with Gasteiger partial charge in [0.15, 0.2) is 0 Å². The molecule has 0 radical (unpaired) electrons. The van der Waals surface area contributed by atoms with Gasteiger partial charge < -0.3 is 14.5 Å². The van der Waals surface area contributed by atoms with Crippen LogP contribution in [0.4, 0.5) is 0 Å². The Morgan fingerprint density at radius 1 is 1.05 bits per heavy atom. The molecule has 0 aliphatic heterocycles. The molecule has 20 heavy (non-hydrogen) atoms. The molecule has 0 amide bonds. The number of hydrogen-bond donors (Lipinski definition) is 1. The van der Waals surface area contributed by atoms with Crippen LogP contribution in [0, 0.1) is 13.8 Å². The maximum absolute atomic E-state index is 5.60. The Morgan fingerprint density at radius 3 is 2.30 bits per heavy atom. The van der Waals surface area contributed by atoms with Crippen LogP contribution in [0.15, 0.2) is 34.7 Å². The van der Waals surface area contributed by atoms with Crippen LogP contribution in [0.3, 0.4) is 0 Å². The Morgan fingerprint density at radius 2 is 1.70 bits per heavy atom. The van der Waals surface area contributed by atoms with Gasteiger partial charge in [-0.05, 0) is 39.8 Å². The number of methoxy groups -OCH3 is 1. The van der Waals surface area contributed by atoms with Crippen LogP contribution >= 0.6 is 0 Å². The van der Waals surface area contributed by atoms with Gasteiger partial charge in [0.1, 0.15) is 17.3 Å². The predicted octanol–water partition coefficient (Wildman–Crippen LogP) is 4.32. The van der Waals surface area contributed by atoms with Gasteiger partial charge in [-0.15, -0.1) is 0 Å². The van der Waals surface area contributed by atoms with Crippen molar-refractivity contribution in [3.05, 3.63) is 53.0 Å². The molecule has 0 fully saturated rings. The fourth-order valence-electron chi connectivity index (χ4n) is 2.66. The fourth-order valence-corrected chi connectivity index (χ4v) is 2.66. The molecule has 0 aliphatic rings. The summed E-state index contributed by atoms with van der Waals surface area (Å²) < 4.78 is 11.0. The third-order valence-electron chi connectivity index (χ3n) is 3.65. The van der Waals surface area contributed by atoms with Crippen LogP contribution in [-0.4, -0.2) is 7.11 Å². The molecule has 3 nitrogen and oxygen atoms in total. The standard InChI is InChI=1S/C17H23NO2/c1-11-10-16(14(4)20-11)13(3)18-12(2)15-8-6-7-9-17(15)19-5/h6-10,12-13,18H,1-5H3/t12-,13?/m1/s1. The van der Waals surface area contributed by atoms with Crippen molar-refractivity contribution in [3.8, 4) is 5.75 Å². The van der Waals surface area contributed by atoms with E-state index in [-0.39, 0.29) is 12.1 Å². The molecule has 0 aliphatic carbocycles. The Hall–Kier alpha value is -1.74. The quantitative estimate of drug-likeness (QED) is 0.881. The van der Waals surface area contributed by atoms with Crippen LogP contribution in [0.1, 0.15) is 48.6 Å². The molecule has 0 saturated heterocycles. The number of benzene rings is 1. The monoisotopic (exact) mass is 273 g/mol. The highest BCUT2D eigenvalue weighted by molar-refractivity contribution is 5.36. The van der Waals surface area contributed by atoms with Crippen molar-refractivity contribution < 1.29 is 9.15 Å². The van der Waals surface area contributed by atoms with E-state index >= 15 is 0 Å². The second-order valence-electron chi connectivity index (χ2n) is 5.22. The maximum Gasteiger partial charge on any atom is 0.123 e. The zero-order valence-electron chi connectivity index (χ0n) is 12.9. The lowest BCUT2D eigenvalue weighted by molar-refractivity contribution is 0.396. The number of rotatable bonds is 5. The highest BCUT2D eigenvalue weighted by atomic mass is 16.5. The van der Waals surface area contributed by atoms with Gasteiger partial charge in [0.25, 0.3) is 0 Å². The molecule has 2 rings (SSSR count). The van der Waals surface area contributed by atoms with Crippen LogP contribution in [-0.2, 0) is 0 Å². The Balaban J connectivity index is 2.15. The molecule has 0 bridgehead atoms. The summed E-state index contributed by atoms with van der Waals surface area (Å²) in [6.45, 7) is 8.29. The van der Waals surface area contributed by atoms with Crippen LogP contribution in [0.2, 0.25) is 0 Å². The zero-order chi connectivity index (χ0) is 14.7. The van der Waals surface area contributed by atoms with Crippen molar-refractivity contribution in [2.75, 3.05) is 7.11 Å². The van der Waals surface area contributed by atoms with Gasteiger partial charge in [-0.3, -0.25) is 0 Å². The maximum atomic E-state index is 5.60. The first-order chi connectivity index (χ1) is 9.52. The summed E-state index contributed by atoms with van der Waals surface area (Å²) in [5.74, 6) is 2.85. The van der Waals surface area contributed by atoms with Crippen LogP contribution in [0.25, 0.3) is 0 Å². The van der Waals surface area contributed by atoms with Crippen molar-refractivity contribution in [1.82, 2.24) is 5.32 Å². The van der Waals surface area contributed by atoms with Crippen molar-refractivity contribution in [2.45, 2.75) is 39.8 Å². The normalized spacial score (nSPS) is 14.1. The summed E-state index contributed by atoms with van der Waals surface area (Å²) in [5, 5.41) is 3.60. The van der Waals surface area contributed by atoms with E-state index in [0.717, 1.165) is 17.3 Å². The molecule has 1 N–H and O–H groups in total. The smallest absolute Gasteiger partial charge is 0.123 e. The molecule has 0 saturated carbocycles. The molecule has 3 heteroatoms. The molecule has 108 valence electrons. The van der Waals surface area contributed by atoms with Gasteiger partial charge in [-0.1, -0.05) is 18.2 Å². The van der Waals surface area contributed by atoms with E-state index in [1.807, 2.05) is 32.0 Å². The van der Waals surface area contributed by atoms with E-state index in [2.05, 4.69) is 31.3 Å². The minimum atomic E-state index is 0.204. The Kier molecular flexibility index (Phi) is 4.50. The molecular formula is C17H23NO2. The van der Waals surface area contributed by atoms with Gasteiger partial charge in [0.2, 0.25) is 0 Å². The Bertz CT molecular complexity index is 574. The number of ether oxygens (including phenoxy) is 1. The predicted molar refractivity (Wildman–Crippen MR) is 81.1 cm³/mol. The number of para-hydroxylation sites is 1. The number of aryl methyl sites for hydroxylation is 2. The average Bonchev–Trinajstić information content (AvgIpc) is 2.77. The minimum absolute atomic E-state index is 0.204. The highest BCUT2D eigenvalue weighted by Gasteiger charge is 2.17. The molecule has 1 aromatic heterocycles. The summed E-state index contributed by atoms with van der Waals surface area (Å²) >= 11 is 0. The molecule has 1 heterocycles. The summed E-state index contributed by atoms with van der Waals surface area (Å²) in [7, 11) is 1.71. The third-order valence-corrected chi connectivity index (χ3v) is 3.65. The zero-order valence-corrected chi connectivity index (χ0v) is 12.9.